The number of rotatable bonds is 55. The van der Waals surface area contributed by atoms with Gasteiger partial charge in [-0.1, -0.05) is 238 Å². The fraction of sp³-hybridized carbons (Fsp3) is 0.644. The molecule has 3 N–H and O–H groups in total. The summed E-state index contributed by atoms with van der Waals surface area (Å²) in [6.07, 6.45) is 71.1. The van der Waals surface area contributed by atoms with Crippen LogP contribution < -0.4 is 0 Å². The molecule has 85 heavy (non-hydrogen) atoms. The molecule has 0 aromatic heterocycles. The van der Waals surface area contributed by atoms with Gasteiger partial charge in [-0.05, 0) is 128 Å². The molecule has 0 aliphatic carbocycles. The van der Waals surface area contributed by atoms with Crippen LogP contribution in [-0.4, -0.2) is 89.2 Å². The second kappa shape index (κ2) is 59.2. The SMILES string of the molecule is CC/C=C\C/C=C\C/C=C\C/C=C\CCCCCCCCC(=O)OCC(COC1OC(C(=O)O)C(O)C(O)C1OC(=O)CCCCCCCC/C=C\C/C=C\C/C=C\C/C=C\CC)OC(=O)CCCCCCCCC/C=C\C/C=C\C/C=C\CC. The molecule has 1 saturated heterocycles. The molecule has 1 aliphatic rings. The molecule has 0 aromatic carbocycles. The minimum Gasteiger partial charge on any atom is -0.479 e. The molecule has 0 saturated carbocycles. The van der Waals surface area contributed by atoms with E-state index < -0.39 is 67.3 Å². The minimum absolute atomic E-state index is 0.0347. The zero-order chi connectivity index (χ0) is 61.7. The van der Waals surface area contributed by atoms with Crippen molar-refractivity contribution in [1.29, 1.82) is 0 Å². The predicted octanol–water partition coefficient (Wildman–Crippen LogP) is 18.1. The van der Waals surface area contributed by atoms with Gasteiger partial charge in [-0.3, -0.25) is 14.4 Å². The highest BCUT2D eigenvalue weighted by atomic mass is 16.7. The van der Waals surface area contributed by atoms with Gasteiger partial charge in [0.2, 0.25) is 0 Å². The summed E-state index contributed by atoms with van der Waals surface area (Å²) in [5.74, 6) is -3.18. The molecular formula is C73H116O12. The Kier molecular flexibility index (Phi) is 54.2. The Bertz CT molecular complexity index is 1990. The number of aliphatic hydroxyl groups is 2. The molecule has 0 amide bonds. The van der Waals surface area contributed by atoms with E-state index in [4.69, 9.17) is 23.7 Å². The minimum atomic E-state index is -1.92. The Morgan fingerprint density at radius 3 is 1.07 bits per heavy atom. The number of carboxylic acids is 1. The number of carbonyl (C=O) groups excluding carboxylic acids is 3. The highest BCUT2D eigenvalue weighted by Gasteiger charge is 2.50. The van der Waals surface area contributed by atoms with Gasteiger partial charge in [0.1, 0.15) is 18.8 Å². The first-order valence-electron chi connectivity index (χ1n) is 33.2. The number of unbranched alkanes of at least 4 members (excludes halogenated alkanes) is 19. The van der Waals surface area contributed by atoms with E-state index in [0.717, 1.165) is 193 Å². The molecule has 12 nitrogen and oxygen atoms in total. The van der Waals surface area contributed by atoms with Crippen LogP contribution >= 0.6 is 0 Å². The molecule has 1 fully saturated rings. The molecular weight excluding hydrogens is 1070 g/mol. The number of carboxylic acid groups (broad SMARTS) is 1. The number of ether oxygens (including phenoxy) is 5. The number of aliphatic carboxylic acids is 1. The van der Waals surface area contributed by atoms with Crippen LogP contribution in [0.1, 0.15) is 252 Å². The molecule has 1 heterocycles. The average molecular weight is 1190 g/mol. The van der Waals surface area contributed by atoms with Gasteiger partial charge >= 0.3 is 23.9 Å². The number of hydrogen-bond acceptors (Lipinski definition) is 11. The molecule has 1 rings (SSSR count). The zero-order valence-corrected chi connectivity index (χ0v) is 53.1. The number of carbonyl (C=O) groups is 4. The molecule has 6 atom stereocenters. The van der Waals surface area contributed by atoms with E-state index in [-0.39, 0.29) is 25.9 Å². The standard InChI is InChI=1S/C73H116O12/c1-4-7-10-13-16-19-22-25-28-31-33-36-38-41-44-47-50-53-56-59-65(74)81-62-64(83-66(75)60-57-54-51-48-45-42-39-35-30-27-24-21-18-15-12-9-6-3)63-82-73-71(69(78)68(77)70(85-73)72(79)80)84-67(76)61-58-55-52-49-46-43-40-37-34-32-29-26-23-20-17-14-11-8-5-2/h7-12,16-21,25-30,33-34,36-37,64,68-71,73,77-78H,4-6,13-15,22-24,31-32,35,38-63H2,1-3H3,(H,79,80)/b10-7-,11-8-,12-9-,19-16-,20-17-,21-18-,28-25-,29-26-,30-27-,36-33-,37-34-. The maximum Gasteiger partial charge on any atom is 0.335 e. The summed E-state index contributed by atoms with van der Waals surface area (Å²) < 4.78 is 28.5. The average Bonchev–Trinajstić information content (AvgIpc) is 3.51. The lowest BCUT2D eigenvalue weighted by Crippen LogP contribution is -2.61. The van der Waals surface area contributed by atoms with Crippen LogP contribution in [0.15, 0.2) is 134 Å². The molecule has 0 radical (unpaired) electrons. The van der Waals surface area contributed by atoms with E-state index in [1.165, 1.54) is 0 Å². The maximum absolute atomic E-state index is 13.2. The van der Waals surface area contributed by atoms with Crippen molar-refractivity contribution in [2.75, 3.05) is 13.2 Å². The van der Waals surface area contributed by atoms with Crippen LogP contribution in [0, 0.1) is 0 Å². The summed E-state index contributed by atoms with van der Waals surface area (Å²) in [7, 11) is 0. The molecule has 1 aliphatic heterocycles. The van der Waals surface area contributed by atoms with Crippen molar-refractivity contribution in [3.8, 4) is 0 Å². The molecule has 0 spiro atoms. The number of hydrogen-bond donors (Lipinski definition) is 3. The van der Waals surface area contributed by atoms with Crippen molar-refractivity contribution < 1.29 is 58.2 Å². The Morgan fingerprint density at radius 1 is 0.388 bits per heavy atom. The van der Waals surface area contributed by atoms with Crippen molar-refractivity contribution >= 4 is 23.9 Å². The third-order valence-electron chi connectivity index (χ3n) is 14.2. The molecule has 0 aromatic rings. The van der Waals surface area contributed by atoms with Gasteiger partial charge in [-0.2, -0.15) is 0 Å². The Hall–Kier alpha value is -5.14. The quantitative estimate of drug-likeness (QED) is 0.0228. The summed E-state index contributed by atoms with van der Waals surface area (Å²) in [5, 5.41) is 31.6. The maximum atomic E-state index is 13.2. The number of allylic oxidation sites excluding steroid dienone is 22. The summed E-state index contributed by atoms with van der Waals surface area (Å²) >= 11 is 0. The van der Waals surface area contributed by atoms with Gasteiger partial charge in [-0.25, -0.2) is 4.79 Å². The second-order valence-electron chi connectivity index (χ2n) is 22.0. The fourth-order valence-corrected chi connectivity index (χ4v) is 9.25. The third-order valence-corrected chi connectivity index (χ3v) is 14.2. The molecule has 480 valence electrons. The van der Waals surface area contributed by atoms with Crippen LogP contribution in [0.4, 0.5) is 0 Å². The highest BCUT2D eigenvalue weighted by Crippen LogP contribution is 2.26. The first-order valence-corrected chi connectivity index (χ1v) is 33.2. The summed E-state index contributed by atoms with van der Waals surface area (Å²) in [6.45, 7) is 5.65. The highest BCUT2D eigenvalue weighted by molar-refractivity contribution is 5.74. The van der Waals surface area contributed by atoms with Crippen LogP contribution in [-0.2, 0) is 42.9 Å². The normalized spacial score (nSPS) is 18.3. The second-order valence-corrected chi connectivity index (χ2v) is 22.0. The van der Waals surface area contributed by atoms with Crippen LogP contribution in [0.3, 0.4) is 0 Å². The van der Waals surface area contributed by atoms with Crippen molar-refractivity contribution in [3.05, 3.63) is 134 Å². The van der Waals surface area contributed by atoms with Gasteiger partial charge in [0.25, 0.3) is 0 Å². The molecule has 0 bridgehead atoms. The van der Waals surface area contributed by atoms with Gasteiger partial charge in [0.15, 0.2) is 24.6 Å². The molecule has 6 unspecified atom stereocenters. The number of aliphatic hydroxyl groups excluding tert-OH is 2. The van der Waals surface area contributed by atoms with E-state index in [2.05, 4.69) is 154 Å². The zero-order valence-electron chi connectivity index (χ0n) is 53.1. The van der Waals surface area contributed by atoms with Gasteiger partial charge in [0, 0.05) is 19.3 Å². The first kappa shape index (κ1) is 77.9. The fourth-order valence-electron chi connectivity index (χ4n) is 9.25. The lowest BCUT2D eigenvalue weighted by molar-refractivity contribution is -0.301. The van der Waals surface area contributed by atoms with Gasteiger partial charge < -0.3 is 39.0 Å². The van der Waals surface area contributed by atoms with Crippen molar-refractivity contribution in [2.45, 2.75) is 289 Å². The summed E-state index contributed by atoms with van der Waals surface area (Å²) in [6, 6.07) is 0. The monoisotopic (exact) mass is 1180 g/mol. The van der Waals surface area contributed by atoms with E-state index in [9.17, 15) is 34.5 Å². The van der Waals surface area contributed by atoms with E-state index >= 15 is 0 Å². The summed E-state index contributed by atoms with van der Waals surface area (Å²) in [5.41, 5.74) is 0. The van der Waals surface area contributed by atoms with Crippen molar-refractivity contribution in [1.82, 2.24) is 0 Å². The summed E-state index contributed by atoms with van der Waals surface area (Å²) in [4.78, 5) is 51.4. The van der Waals surface area contributed by atoms with Gasteiger partial charge in [0.05, 0.1) is 6.61 Å². The Labute approximate surface area is 515 Å². The first-order chi connectivity index (χ1) is 41.6. The Balaban J connectivity index is 2.68. The van der Waals surface area contributed by atoms with Crippen LogP contribution in [0.25, 0.3) is 0 Å². The van der Waals surface area contributed by atoms with Crippen LogP contribution in [0.5, 0.6) is 0 Å². The topological polar surface area (TPSA) is 175 Å². The number of esters is 3. The largest absolute Gasteiger partial charge is 0.479 e. The Morgan fingerprint density at radius 2 is 0.706 bits per heavy atom. The van der Waals surface area contributed by atoms with E-state index in [1.807, 2.05) is 0 Å². The smallest absolute Gasteiger partial charge is 0.335 e. The van der Waals surface area contributed by atoms with Crippen LogP contribution in [0.2, 0.25) is 0 Å². The molecule has 12 heteroatoms. The predicted molar refractivity (Wildman–Crippen MR) is 349 cm³/mol. The third kappa shape index (κ3) is 48.6. The van der Waals surface area contributed by atoms with Crippen molar-refractivity contribution in [3.63, 3.8) is 0 Å². The lowest BCUT2D eigenvalue weighted by Gasteiger charge is -2.40. The van der Waals surface area contributed by atoms with E-state index in [0.29, 0.717) is 19.3 Å². The lowest BCUT2D eigenvalue weighted by atomic mass is 9.98. The van der Waals surface area contributed by atoms with E-state index in [1.54, 1.807) is 0 Å². The van der Waals surface area contributed by atoms with Gasteiger partial charge in [-0.15, -0.1) is 0 Å². The van der Waals surface area contributed by atoms with Crippen molar-refractivity contribution in [2.24, 2.45) is 0 Å².